The summed E-state index contributed by atoms with van der Waals surface area (Å²) in [4.78, 5) is 0. The van der Waals surface area contributed by atoms with E-state index in [1.165, 1.54) is 0 Å². The zero-order valence-electron chi connectivity index (χ0n) is 11.1. The van der Waals surface area contributed by atoms with Gasteiger partial charge in [-0.2, -0.15) is 0 Å². The first-order valence-corrected chi connectivity index (χ1v) is 6.10. The van der Waals surface area contributed by atoms with Crippen molar-refractivity contribution < 1.29 is 9.84 Å². The molecule has 3 heteroatoms. The summed E-state index contributed by atoms with van der Waals surface area (Å²) < 4.78 is 5.15. The number of hydrogen-bond acceptors (Lipinski definition) is 3. The Hall–Kier alpha value is -1.06. The van der Waals surface area contributed by atoms with Gasteiger partial charge in [0.1, 0.15) is 5.75 Å². The fourth-order valence-electron chi connectivity index (χ4n) is 1.65. The Morgan fingerprint density at radius 2 is 2.00 bits per heavy atom. The number of nitrogens with one attached hydrogen (secondary N) is 1. The maximum absolute atomic E-state index is 10.2. The van der Waals surface area contributed by atoms with Crippen LogP contribution in [0.15, 0.2) is 24.3 Å². The predicted octanol–water partition coefficient (Wildman–Crippen LogP) is 2.36. The fourth-order valence-corrected chi connectivity index (χ4v) is 1.65. The minimum absolute atomic E-state index is 0.0320. The largest absolute Gasteiger partial charge is 0.497 e. The highest BCUT2D eigenvalue weighted by Gasteiger charge is 2.16. The number of benzene rings is 1. The van der Waals surface area contributed by atoms with E-state index in [1.54, 1.807) is 7.11 Å². The molecule has 1 rings (SSSR count). The average Bonchev–Trinajstić information content (AvgIpc) is 2.35. The lowest BCUT2D eigenvalue weighted by Crippen LogP contribution is -2.34. The Morgan fingerprint density at radius 3 is 2.59 bits per heavy atom. The lowest BCUT2D eigenvalue weighted by atomic mass is 10.0. The molecule has 0 saturated carbocycles. The van der Waals surface area contributed by atoms with Crippen molar-refractivity contribution in [1.29, 1.82) is 0 Å². The van der Waals surface area contributed by atoms with E-state index in [-0.39, 0.29) is 6.04 Å². The molecule has 17 heavy (non-hydrogen) atoms. The van der Waals surface area contributed by atoms with Crippen molar-refractivity contribution in [1.82, 2.24) is 5.32 Å². The Bertz CT molecular complexity index is 339. The molecule has 0 radical (unpaired) electrons. The van der Waals surface area contributed by atoms with Crippen LogP contribution >= 0.6 is 0 Å². The highest BCUT2D eigenvalue weighted by Crippen LogP contribution is 2.21. The molecule has 0 aliphatic rings. The van der Waals surface area contributed by atoms with Crippen molar-refractivity contribution in [3.63, 3.8) is 0 Å². The van der Waals surface area contributed by atoms with Gasteiger partial charge in [-0.15, -0.1) is 0 Å². The highest BCUT2D eigenvalue weighted by molar-refractivity contribution is 5.30. The summed E-state index contributed by atoms with van der Waals surface area (Å²) in [6, 6.07) is 7.60. The molecule has 2 N–H and O–H groups in total. The van der Waals surface area contributed by atoms with E-state index in [4.69, 9.17) is 4.74 Å². The van der Waals surface area contributed by atoms with Gasteiger partial charge in [-0.05, 0) is 37.1 Å². The molecule has 96 valence electrons. The van der Waals surface area contributed by atoms with Crippen molar-refractivity contribution in [2.24, 2.45) is 5.92 Å². The normalized spacial score (nSPS) is 14.7. The van der Waals surface area contributed by atoms with Crippen LogP contribution in [-0.4, -0.2) is 24.8 Å². The highest BCUT2D eigenvalue weighted by atomic mass is 16.5. The lowest BCUT2D eigenvalue weighted by molar-refractivity contribution is 0.134. The van der Waals surface area contributed by atoms with Crippen LogP contribution in [0.25, 0.3) is 0 Å². The summed E-state index contributed by atoms with van der Waals surface area (Å²) in [6.07, 6.45) is -0.510. The van der Waals surface area contributed by atoms with Crippen LogP contribution in [0.4, 0.5) is 0 Å². The van der Waals surface area contributed by atoms with Gasteiger partial charge in [0.25, 0.3) is 0 Å². The Morgan fingerprint density at radius 1 is 1.29 bits per heavy atom. The van der Waals surface area contributed by atoms with Crippen molar-refractivity contribution in [3.05, 3.63) is 29.8 Å². The van der Waals surface area contributed by atoms with Gasteiger partial charge < -0.3 is 15.2 Å². The van der Waals surface area contributed by atoms with Gasteiger partial charge in [-0.3, -0.25) is 0 Å². The SMILES string of the molecule is COc1cccc(C(O)C(C)NCC(C)C)c1. The van der Waals surface area contributed by atoms with Gasteiger partial charge in [0.2, 0.25) is 0 Å². The maximum Gasteiger partial charge on any atom is 0.119 e. The van der Waals surface area contributed by atoms with Crippen LogP contribution in [0.1, 0.15) is 32.4 Å². The first kappa shape index (κ1) is 14.0. The number of rotatable bonds is 6. The Balaban J connectivity index is 2.63. The molecular formula is C14H23NO2. The Labute approximate surface area is 104 Å². The smallest absolute Gasteiger partial charge is 0.119 e. The van der Waals surface area contributed by atoms with Gasteiger partial charge in [-0.1, -0.05) is 26.0 Å². The van der Waals surface area contributed by atoms with Crippen molar-refractivity contribution in [2.45, 2.75) is 32.9 Å². The van der Waals surface area contributed by atoms with Gasteiger partial charge in [-0.25, -0.2) is 0 Å². The third kappa shape index (κ3) is 4.36. The second-order valence-electron chi connectivity index (χ2n) is 4.81. The summed E-state index contributed by atoms with van der Waals surface area (Å²) in [7, 11) is 1.63. The molecule has 1 aromatic rings. The van der Waals surface area contributed by atoms with Crippen LogP contribution in [0.2, 0.25) is 0 Å². The van der Waals surface area contributed by atoms with Crippen molar-refractivity contribution in [3.8, 4) is 5.75 Å². The number of methoxy groups -OCH3 is 1. The summed E-state index contributed by atoms with van der Waals surface area (Å²) in [5.74, 6) is 1.35. The van der Waals surface area contributed by atoms with Gasteiger partial charge >= 0.3 is 0 Å². The van der Waals surface area contributed by atoms with Crippen LogP contribution < -0.4 is 10.1 Å². The molecule has 0 aromatic heterocycles. The molecule has 0 fully saturated rings. The zero-order chi connectivity index (χ0) is 12.8. The number of aliphatic hydroxyl groups excluding tert-OH is 1. The summed E-state index contributed by atoms with van der Waals surface area (Å²) in [5, 5.41) is 13.5. The molecule has 0 spiro atoms. The quantitative estimate of drug-likeness (QED) is 0.798. The van der Waals surface area contributed by atoms with Gasteiger partial charge in [0.05, 0.1) is 13.2 Å². The standard InChI is InChI=1S/C14H23NO2/c1-10(2)9-15-11(3)14(16)12-6-5-7-13(8-12)17-4/h5-8,10-11,14-16H,9H2,1-4H3. The third-order valence-corrected chi connectivity index (χ3v) is 2.76. The van der Waals surface area contributed by atoms with E-state index < -0.39 is 6.10 Å². The molecule has 0 aliphatic carbocycles. The first-order chi connectivity index (χ1) is 8.04. The van der Waals surface area contributed by atoms with E-state index in [2.05, 4.69) is 19.2 Å². The number of hydrogen-bond donors (Lipinski definition) is 2. The summed E-state index contributed by atoms with van der Waals surface area (Å²) >= 11 is 0. The molecule has 1 aromatic carbocycles. The van der Waals surface area contributed by atoms with Crippen LogP contribution in [0, 0.1) is 5.92 Å². The van der Waals surface area contributed by atoms with E-state index in [0.29, 0.717) is 5.92 Å². The van der Waals surface area contributed by atoms with E-state index in [1.807, 2.05) is 31.2 Å². The van der Waals surface area contributed by atoms with Crippen LogP contribution in [0.5, 0.6) is 5.75 Å². The second-order valence-corrected chi connectivity index (χ2v) is 4.81. The fraction of sp³-hybridized carbons (Fsp3) is 0.571. The Kier molecular flexibility index (Phi) is 5.45. The minimum Gasteiger partial charge on any atom is -0.497 e. The van der Waals surface area contributed by atoms with Crippen LogP contribution in [-0.2, 0) is 0 Å². The van der Waals surface area contributed by atoms with E-state index in [0.717, 1.165) is 17.9 Å². The minimum atomic E-state index is -0.510. The van der Waals surface area contributed by atoms with E-state index in [9.17, 15) is 5.11 Å². The summed E-state index contributed by atoms with van der Waals surface area (Å²) in [5.41, 5.74) is 0.883. The second kappa shape index (κ2) is 6.62. The summed E-state index contributed by atoms with van der Waals surface area (Å²) in [6.45, 7) is 7.20. The molecule has 0 heterocycles. The lowest BCUT2D eigenvalue weighted by Gasteiger charge is -2.22. The van der Waals surface area contributed by atoms with Crippen LogP contribution in [0.3, 0.4) is 0 Å². The molecule has 2 atom stereocenters. The first-order valence-electron chi connectivity index (χ1n) is 6.10. The number of ether oxygens (including phenoxy) is 1. The topological polar surface area (TPSA) is 41.5 Å². The molecule has 2 unspecified atom stereocenters. The molecule has 3 nitrogen and oxygen atoms in total. The van der Waals surface area contributed by atoms with Crippen molar-refractivity contribution in [2.75, 3.05) is 13.7 Å². The maximum atomic E-state index is 10.2. The number of aliphatic hydroxyl groups is 1. The monoisotopic (exact) mass is 237 g/mol. The van der Waals surface area contributed by atoms with E-state index >= 15 is 0 Å². The average molecular weight is 237 g/mol. The molecule has 0 amide bonds. The van der Waals surface area contributed by atoms with Gasteiger partial charge in [0.15, 0.2) is 0 Å². The molecule has 0 bridgehead atoms. The van der Waals surface area contributed by atoms with Gasteiger partial charge in [0, 0.05) is 6.04 Å². The third-order valence-electron chi connectivity index (χ3n) is 2.76. The zero-order valence-corrected chi connectivity index (χ0v) is 11.1. The molecular weight excluding hydrogens is 214 g/mol. The predicted molar refractivity (Wildman–Crippen MR) is 70.3 cm³/mol. The van der Waals surface area contributed by atoms with Crippen molar-refractivity contribution >= 4 is 0 Å². The molecule has 0 aliphatic heterocycles. The molecule has 0 saturated heterocycles.